The van der Waals surface area contributed by atoms with E-state index < -0.39 is 0 Å². The molecule has 12 heavy (non-hydrogen) atoms. The molecule has 0 bridgehead atoms. The first-order valence-electron chi connectivity index (χ1n) is 3.77. The van der Waals surface area contributed by atoms with Crippen LogP contribution in [0.5, 0.6) is 0 Å². The SMILES string of the molecule is CNC(CO)CSc1ncc[nH]1. The van der Waals surface area contributed by atoms with Gasteiger partial charge in [0.25, 0.3) is 0 Å². The van der Waals surface area contributed by atoms with Gasteiger partial charge in [0.2, 0.25) is 0 Å². The second-order valence-corrected chi connectivity index (χ2v) is 3.38. The molecule has 1 aromatic heterocycles. The maximum atomic E-state index is 8.85. The van der Waals surface area contributed by atoms with E-state index in [-0.39, 0.29) is 12.6 Å². The third-order valence-electron chi connectivity index (χ3n) is 1.52. The summed E-state index contributed by atoms with van der Waals surface area (Å²) >= 11 is 1.60. The van der Waals surface area contributed by atoms with Gasteiger partial charge in [-0.1, -0.05) is 11.8 Å². The summed E-state index contributed by atoms with van der Waals surface area (Å²) in [6, 6.07) is 0.139. The molecule has 1 heterocycles. The van der Waals surface area contributed by atoms with Crippen molar-refractivity contribution in [2.75, 3.05) is 19.4 Å². The van der Waals surface area contributed by atoms with E-state index in [1.807, 2.05) is 7.05 Å². The van der Waals surface area contributed by atoms with Crippen molar-refractivity contribution in [1.82, 2.24) is 15.3 Å². The van der Waals surface area contributed by atoms with Crippen LogP contribution in [0.25, 0.3) is 0 Å². The van der Waals surface area contributed by atoms with E-state index in [4.69, 9.17) is 5.11 Å². The molecule has 0 aliphatic rings. The average Bonchev–Trinajstić information content (AvgIpc) is 2.59. The monoisotopic (exact) mass is 187 g/mol. The number of hydrogen-bond acceptors (Lipinski definition) is 4. The number of imidazole rings is 1. The van der Waals surface area contributed by atoms with Crippen LogP contribution in [0.2, 0.25) is 0 Å². The van der Waals surface area contributed by atoms with Gasteiger partial charge in [-0.2, -0.15) is 0 Å². The fourth-order valence-electron chi connectivity index (χ4n) is 0.737. The molecule has 0 amide bonds. The van der Waals surface area contributed by atoms with Gasteiger partial charge >= 0.3 is 0 Å². The number of nitrogens with zero attached hydrogens (tertiary/aromatic N) is 1. The van der Waals surface area contributed by atoms with E-state index in [0.29, 0.717) is 0 Å². The molecule has 0 fully saturated rings. The van der Waals surface area contributed by atoms with Crippen LogP contribution in [-0.4, -0.2) is 40.5 Å². The molecule has 1 unspecified atom stereocenters. The molecule has 0 saturated carbocycles. The number of nitrogens with one attached hydrogen (secondary N) is 2. The number of H-pyrrole nitrogens is 1. The van der Waals surface area contributed by atoms with E-state index >= 15 is 0 Å². The molecular weight excluding hydrogens is 174 g/mol. The number of aliphatic hydroxyl groups is 1. The van der Waals surface area contributed by atoms with Crippen LogP contribution in [0.3, 0.4) is 0 Å². The summed E-state index contributed by atoms with van der Waals surface area (Å²) in [5, 5.41) is 12.7. The molecule has 5 heteroatoms. The lowest BCUT2D eigenvalue weighted by Gasteiger charge is -2.10. The minimum atomic E-state index is 0.139. The summed E-state index contributed by atoms with van der Waals surface area (Å²) < 4.78 is 0. The van der Waals surface area contributed by atoms with Crippen LogP contribution in [0.15, 0.2) is 17.6 Å². The predicted molar refractivity (Wildman–Crippen MR) is 49.2 cm³/mol. The molecule has 1 rings (SSSR count). The van der Waals surface area contributed by atoms with Gasteiger partial charge in [0.1, 0.15) is 0 Å². The number of hydrogen-bond donors (Lipinski definition) is 3. The lowest BCUT2D eigenvalue weighted by atomic mass is 10.4. The van der Waals surface area contributed by atoms with Crippen molar-refractivity contribution in [3.05, 3.63) is 12.4 Å². The van der Waals surface area contributed by atoms with E-state index in [1.54, 1.807) is 24.2 Å². The van der Waals surface area contributed by atoms with Crippen molar-refractivity contribution >= 4 is 11.8 Å². The first-order valence-corrected chi connectivity index (χ1v) is 4.75. The van der Waals surface area contributed by atoms with Gasteiger partial charge in [0.15, 0.2) is 5.16 Å². The zero-order valence-corrected chi connectivity index (χ0v) is 7.77. The van der Waals surface area contributed by atoms with Crippen molar-refractivity contribution in [1.29, 1.82) is 0 Å². The van der Waals surface area contributed by atoms with Crippen LogP contribution in [-0.2, 0) is 0 Å². The van der Waals surface area contributed by atoms with Gasteiger partial charge in [-0.15, -0.1) is 0 Å². The number of aliphatic hydroxyl groups excluding tert-OH is 1. The van der Waals surface area contributed by atoms with E-state index in [0.717, 1.165) is 10.9 Å². The summed E-state index contributed by atoms with van der Waals surface area (Å²) in [5.41, 5.74) is 0. The zero-order valence-electron chi connectivity index (χ0n) is 6.95. The van der Waals surface area contributed by atoms with E-state index in [2.05, 4.69) is 15.3 Å². The summed E-state index contributed by atoms with van der Waals surface area (Å²) in [6.45, 7) is 0.157. The zero-order chi connectivity index (χ0) is 8.81. The fourth-order valence-corrected chi connectivity index (χ4v) is 1.65. The molecule has 3 N–H and O–H groups in total. The number of thioether (sulfide) groups is 1. The standard InChI is InChI=1S/C7H13N3OS/c1-8-6(4-11)5-12-7-9-2-3-10-7/h2-3,6,8,11H,4-5H2,1H3,(H,9,10). The van der Waals surface area contributed by atoms with E-state index in [9.17, 15) is 0 Å². The third kappa shape index (κ3) is 2.84. The molecule has 1 aromatic rings. The lowest BCUT2D eigenvalue weighted by molar-refractivity contribution is 0.260. The Bertz CT molecular complexity index is 198. The number of likely N-dealkylation sites (N-methyl/N-ethyl adjacent to an activating group) is 1. The Balaban J connectivity index is 2.25. The maximum absolute atomic E-state index is 8.85. The van der Waals surface area contributed by atoms with Crippen LogP contribution in [0, 0.1) is 0 Å². The second-order valence-electron chi connectivity index (χ2n) is 2.37. The Labute approximate surface area is 75.8 Å². The largest absolute Gasteiger partial charge is 0.395 e. The summed E-state index contributed by atoms with van der Waals surface area (Å²) in [6.07, 6.45) is 3.51. The van der Waals surface area contributed by atoms with Gasteiger partial charge < -0.3 is 15.4 Å². The van der Waals surface area contributed by atoms with Gasteiger partial charge in [-0.25, -0.2) is 4.98 Å². The van der Waals surface area contributed by atoms with Crippen LogP contribution in [0.4, 0.5) is 0 Å². The summed E-state index contributed by atoms with van der Waals surface area (Å²) in [4.78, 5) is 7.04. The van der Waals surface area contributed by atoms with Crippen molar-refractivity contribution in [3.63, 3.8) is 0 Å². The van der Waals surface area contributed by atoms with Crippen LogP contribution in [0.1, 0.15) is 0 Å². The van der Waals surface area contributed by atoms with Crippen molar-refractivity contribution in [2.45, 2.75) is 11.2 Å². The van der Waals surface area contributed by atoms with Crippen LogP contribution >= 0.6 is 11.8 Å². The highest BCUT2D eigenvalue weighted by molar-refractivity contribution is 7.99. The average molecular weight is 187 g/mol. The summed E-state index contributed by atoms with van der Waals surface area (Å²) in [7, 11) is 1.84. The first kappa shape index (κ1) is 9.57. The third-order valence-corrected chi connectivity index (χ3v) is 2.59. The predicted octanol–water partition coefficient (Wildman–Crippen LogP) is 0.0821. The minimum Gasteiger partial charge on any atom is -0.395 e. The molecule has 0 saturated heterocycles. The molecule has 0 aliphatic carbocycles. The Morgan fingerprint density at radius 2 is 2.67 bits per heavy atom. The molecule has 0 spiro atoms. The Morgan fingerprint density at radius 3 is 3.17 bits per heavy atom. The molecule has 0 aliphatic heterocycles. The highest BCUT2D eigenvalue weighted by Crippen LogP contribution is 2.12. The normalized spacial score (nSPS) is 13.2. The fraction of sp³-hybridized carbons (Fsp3) is 0.571. The number of aromatic amines is 1. The highest BCUT2D eigenvalue weighted by Gasteiger charge is 2.05. The van der Waals surface area contributed by atoms with Gasteiger partial charge in [0, 0.05) is 24.2 Å². The Hall–Kier alpha value is -0.520. The van der Waals surface area contributed by atoms with E-state index in [1.165, 1.54) is 0 Å². The molecule has 0 aromatic carbocycles. The number of aromatic nitrogens is 2. The van der Waals surface area contributed by atoms with Crippen molar-refractivity contribution in [2.24, 2.45) is 0 Å². The quantitative estimate of drug-likeness (QED) is 0.571. The Morgan fingerprint density at radius 1 is 1.83 bits per heavy atom. The van der Waals surface area contributed by atoms with Crippen molar-refractivity contribution < 1.29 is 5.11 Å². The molecular formula is C7H13N3OS. The molecule has 4 nitrogen and oxygen atoms in total. The Kier molecular flexibility index (Phi) is 4.13. The topological polar surface area (TPSA) is 60.9 Å². The van der Waals surface area contributed by atoms with Gasteiger partial charge in [-0.3, -0.25) is 0 Å². The molecule has 68 valence electrons. The maximum Gasteiger partial charge on any atom is 0.165 e. The number of rotatable bonds is 5. The minimum absolute atomic E-state index is 0.139. The van der Waals surface area contributed by atoms with Crippen molar-refractivity contribution in [3.8, 4) is 0 Å². The lowest BCUT2D eigenvalue weighted by Crippen LogP contribution is -2.31. The highest BCUT2D eigenvalue weighted by atomic mass is 32.2. The van der Waals surface area contributed by atoms with Gasteiger partial charge in [0.05, 0.1) is 6.61 Å². The van der Waals surface area contributed by atoms with Crippen LogP contribution < -0.4 is 5.32 Å². The molecule has 0 radical (unpaired) electrons. The first-order chi connectivity index (χ1) is 5.86. The second kappa shape index (κ2) is 5.18. The smallest absolute Gasteiger partial charge is 0.165 e. The molecule has 1 atom stereocenters. The summed E-state index contributed by atoms with van der Waals surface area (Å²) in [5.74, 6) is 0.820. The van der Waals surface area contributed by atoms with Gasteiger partial charge in [-0.05, 0) is 7.05 Å².